The van der Waals surface area contributed by atoms with Crippen molar-refractivity contribution in [3.05, 3.63) is 0 Å². The molecule has 0 radical (unpaired) electrons. The van der Waals surface area contributed by atoms with Crippen LogP contribution in [0.3, 0.4) is 0 Å². The average molecular weight is 239 g/mol. The van der Waals surface area contributed by atoms with Crippen molar-refractivity contribution < 1.29 is 9.59 Å². The zero-order valence-electron chi connectivity index (χ0n) is 10.3. The van der Waals surface area contributed by atoms with Crippen molar-refractivity contribution in [3.63, 3.8) is 0 Å². The van der Waals surface area contributed by atoms with Gasteiger partial charge in [-0.3, -0.25) is 9.59 Å². The summed E-state index contributed by atoms with van der Waals surface area (Å²) < 4.78 is 0. The highest BCUT2D eigenvalue weighted by molar-refractivity contribution is 5.89. The molecule has 2 fully saturated rings. The lowest BCUT2D eigenvalue weighted by atomic mass is 10.1. The van der Waals surface area contributed by atoms with Crippen molar-refractivity contribution in [1.82, 2.24) is 10.2 Å². The summed E-state index contributed by atoms with van der Waals surface area (Å²) in [4.78, 5) is 25.7. The van der Waals surface area contributed by atoms with E-state index >= 15 is 0 Å². The number of amides is 2. The molecule has 0 spiro atoms. The first-order chi connectivity index (χ1) is 8.13. The van der Waals surface area contributed by atoms with Crippen LogP contribution >= 0.6 is 0 Å². The average Bonchev–Trinajstić information content (AvgIpc) is 2.99. The monoisotopic (exact) mass is 239 g/mol. The van der Waals surface area contributed by atoms with Crippen molar-refractivity contribution >= 4 is 11.8 Å². The minimum absolute atomic E-state index is 0.0148. The molecule has 1 saturated carbocycles. The second kappa shape index (κ2) is 5.04. The molecule has 0 aromatic heterocycles. The minimum atomic E-state index is -0.267. The first-order valence-corrected chi connectivity index (χ1v) is 6.44. The molecular formula is C12H21N3O2. The van der Waals surface area contributed by atoms with Crippen molar-refractivity contribution in [2.24, 2.45) is 11.7 Å². The maximum Gasteiger partial charge on any atom is 0.243 e. The largest absolute Gasteiger partial charge is 0.352 e. The van der Waals surface area contributed by atoms with Crippen LogP contribution in [0.5, 0.6) is 0 Å². The lowest BCUT2D eigenvalue weighted by molar-refractivity contribution is -0.141. The second-order valence-corrected chi connectivity index (χ2v) is 5.11. The zero-order valence-corrected chi connectivity index (χ0v) is 10.3. The van der Waals surface area contributed by atoms with Gasteiger partial charge in [0, 0.05) is 25.0 Å². The van der Waals surface area contributed by atoms with Gasteiger partial charge in [0.1, 0.15) is 6.04 Å². The van der Waals surface area contributed by atoms with Crippen molar-refractivity contribution in [2.45, 2.75) is 44.7 Å². The molecule has 2 amide bonds. The summed E-state index contributed by atoms with van der Waals surface area (Å²) in [6.45, 7) is 2.84. The summed E-state index contributed by atoms with van der Waals surface area (Å²) >= 11 is 0. The number of nitrogens with one attached hydrogen (secondary N) is 1. The third-order valence-electron chi connectivity index (χ3n) is 3.54. The molecule has 0 bridgehead atoms. The summed E-state index contributed by atoms with van der Waals surface area (Å²) in [5, 5.41) is 2.97. The van der Waals surface area contributed by atoms with E-state index < -0.39 is 0 Å². The van der Waals surface area contributed by atoms with Gasteiger partial charge in [-0.25, -0.2) is 0 Å². The number of nitrogens with two attached hydrogens (primary N) is 1. The number of hydrogen-bond donors (Lipinski definition) is 2. The summed E-state index contributed by atoms with van der Waals surface area (Å²) in [6.07, 6.45) is 3.84. The molecule has 1 saturated heterocycles. The van der Waals surface area contributed by atoms with Crippen LogP contribution in [0.2, 0.25) is 0 Å². The molecule has 0 aromatic carbocycles. The SMILES string of the molecule is CC(CN)C(=O)N1CCCC1C(=O)NC1CC1. The van der Waals surface area contributed by atoms with E-state index in [1.165, 1.54) is 0 Å². The fourth-order valence-corrected chi connectivity index (χ4v) is 2.21. The van der Waals surface area contributed by atoms with Crippen LogP contribution < -0.4 is 11.1 Å². The first kappa shape index (κ1) is 12.4. The smallest absolute Gasteiger partial charge is 0.243 e. The van der Waals surface area contributed by atoms with Gasteiger partial charge in [-0.05, 0) is 25.7 Å². The predicted octanol–water partition coefficient (Wildman–Crippen LogP) is -0.149. The van der Waals surface area contributed by atoms with E-state index in [1.807, 2.05) is 6.92 Å². The van der Waals surface area contributed by atoms with Crippen LogP contribution in [0.25, 0.3) is 0 Å². The Labute approximate surface area is 102 Å². The molecule has 5 heteroatoms. The molecule has 0 aromatic rings. The fourth-order valence-electron chi connectivity index (χ4n) is 2.21. The van der Waals surface area contributed by atoms with Crippen LogP contribution in [-0.2, 0) is 9.59 Å². The zero-order chi connectivity index (χ0) is 12.4. The Hall–Kier alpha value is -1.10. The number of carbonyl (C=O) groups is 2. The number of rotatable bonds is 4. The predicted molar refractivity (Wildman–Crippen MR) is 64.1 cm³/mol. The Morgan fingerprint density at radius 1 is 1.41 bits per heavy atom. The molecule has 2 atom stereocenters. The van der Waals surface area contributed by atoms with Gasteiger partial charge in [0.15, 0.2) is 0 Å². The topological polar surface area (TPSA) is 75.4 Å². The Kier molecular flexibility index (Phi) is 3.66. The number of carbonyl (C=O) groups excluding carboxylic acids is 2. The van der Waals surface area contributed by atoms with Gasteiger partial charge in [0.2, 0.25) is 11.8 Å². The summed E-state index contributed by atoms with van der Waals surface area (Å²) in [7, 11) is 0. The quantitative estimate of drug-likeness (QED) is 0.716. The van der Waals surface area contributed by atoms with Crippen molar-refractivity contribution in [1.29, 1.82) is 0 Å². The highest BCUT2D eigenvalue weighted by atomic mass is 16.2. The van der Waals surface area contributed by atoms with E-state index in [4.69, 9.17) is 5.73 Å². The first-order valence-electron chi connectivity index (χ1n) is 6.44. The standard InChI is InChI=1S/C12H21N3O2/c1-8(7-13)12(17)15-6-2-3-10(15)11(16)14-9-4-5-9/h8-10H,2-7,13H2,1H3,(H,14,16). The Morgan fingerprint density at radius 2 is 2.12 bits per heavy atom. The minimum Gasteiger partial charge on any atom is -0.352 e. The molecule has 2 rings (SSSR count). The van der Waals surface area contributed by atoms with E-state index in [2.05, 4.69) is 5.32 Å². The number of likely N-dealkylation sites (tertiary alicyclic amines) is 1. The van der Waals surface area contributed by atoms with Gasteiger partial charge in [-0.1, -0.05) is 6.92 Å². The molecular weight excluding hydrogens is 218 g/mol. The van der Waals surface area contributed by atoms with Crippen LogP contribution in [0.15, 0.2) is 0 Å². The third-order valence-corrected chi connectivity index (χ3v) is 3.54. The van der Waals surface area contributed by atoms with E-state index in [-0.39, 0.29) is 23.8 Å². The molecule has 2 unspecified atom stereocenters. The summed E-state index contributed by atoms with van der Waals surface area (Å²) in [5.74, 6) is -0.159. The fraction of sp³-hybridized carbons (Fsp3) is 0.833. The van der Waals surface area contributed by atoms with Gasteiger partial charge in [0.05, 0.1) is 0 Å². The van der Waals surface area contributed by atoms with Crippen molar-refractivity contribution in [2.75, 3.05) is 13.1 Å². The molecule has 3 N–H and O–H groups in total. The van der Waals surface area contributed by atoms with E-state index in [0.29, 0.717) is 19.1 Å². The lowest BCUT2D eigenvalue weighted by Gasteiger charge is -2.26. The summed E-state index contributed by atoms with van der Waals surface area (Å²) in [5.41, 5.74) is 5.50. The number of hydrogen-bond acceptors (Lipinski definition) is 3. The van der Waals surface area contributed by atoms with Crippen LogP contribution in [0.1, 0.15) is 32.6 Å². The normalized spacial score (nSPS) is 25.8. The van der Waals surface area contributed by atoms with Crippen LogP contribution in [0.4, 0.5) is 0 Å². The van der Waals surface area contributed by atoms with Gasteiger partial charge >= 0.3 is 0 Å². The Morgan fingerprint density at radius 3 is 2.71 bits per heavy atom. The van der Waals surface area contributed by atoms with Gasteiger partial charge in [-0.2, -0.15) is 0 Å². The molecule has 1 aliphatic carbocycles. The maximum atomic E-state index is 12.1. The van der Waals surface area contributed by atoms with Crippen LogP contribution in [0, 0.1) is 5.92 Å². The molecule has 17 heavy (non-hydrogen) atoms. The molecule has 1 aliphatic heterocycles. The van der Waals surface area contributed by atoms with E-state index in [9.17, 15) is 9.59 Å². The van der Waals surface area contributed by atoms with Gasteiger partial charge in [0.25, 0.3) is 0 Å². The molecule has 96 valence electrons. The lowest BCUT2D eigenvalue weighted by Crippen LogP contribution is -2.48. The Bertz CT molecular complexity index is 315. The molecule has 5 nitrogen and oxygen atoms in total. The third kappa shape index (κ3) is 2.77. The Balaban J connectivity index is 1.95. The van der Waals surface area contributed by atoms with E-state index in [1.54, 1.807) is 4.90 Å². The second-order valence-electron chi connectivity index (χ2n) is 5.11. The molecule has 2 aliphatic rings. The van der Waals surface area contributed by atoms with Crippen LogP contribution in [-0.4, -0.2) is 41.9 Å². The van der Waals surface area contributed by atoms with Gasteiger partial charge < -0.3 is 16.0 Å². The highest BCUT2D eigenvalue weighted by Crippen LogP contribution is 2.23. The highest BCUT2D eigenvalue weighted by Gasteiger charge is 2.37. The number of nitrogens with zero attached hydrogens (tertiary/aromatic N) is 1. The van der Waals surface area contributed by atoms with E-state index in [0.717, 1.165) is 25.7 Å². The summed E-state index contributed by atoms with van der Waals surface area (Å²) in [6, 6.07) is 0.0871. The maximum absolute atomic E-state index is 12.1. The van der Waals surface area contributed by atoms with Gasteiger partial charge in [-0.15, -0.1) is 0 Å². The molecule has 1 heterocycles. The van der Waals surface area contributed by atoms with Crippen molar-refractivity contribution in [3.8, 4) is 0 Å².